The molecule has 1 saturated heterocycles. The lowest BCUT2D eigenvalue weighted by molar-refractivity contribution is -0.151. The third-order valence-electron chi connectivity index (χ3n) is 4.49. The molecule has 1 aliphatic carbocycles. The van der Waals surface area contributed by atoms with Gasteiger partial charge in [0.1, 0.15) is 12.1 Å². The number of carbonyl (C=O) groups is 1. The van der Waals surface area contributed by atoms with E-state index in [2.05, 4.69) is 17.6 Å². The van der Waals surface area contributed by atoms with Crippen LogP contribution in [0.4, 0.5) is 0 Å². The minimum absolute atomic E-state index is 0.0103. The van der Waals surface area contributed by atoms with Gasteiger partial charge >= 0.3 is 5.97 Å². The first-order valence-electron chi connectivity index (χ1n) is 8.47. The molecule has 1 unspecified atom stereocenters. The standard InChI is InChI=1S/C16H30N2O2/c1-2-3-8-15(18-13-9-11-17-12-10-13)16(19)20-14-6-4-5-7-14/h13-15,17-18H,2-12H2,1H3. The maximum Gasteiger partial charge on any atom is 0.323 e. The Labute approximate surface area is 123 Å². The summed E-state index contributed by atoms with van der Waals surface area (Å²) < 4.78 is 5.69. The number of carbonyl (C=O) groups excluding carboxylic acids is 1. The van der Waals surface area contributed by atoms with Gasteiger partial charge in [-0.25, -0.2) is 0 Å². The first-order valence-corrected chi connectivity index (χ1v) is 8.47. The number of ether oxygens (including phenoxy) is 1. The van der Waals surface area contributed by atoms with E-state index in [1.165, 1.54) is 12.8 Å². The number of esters is 1. The van der Waals surface area contributed by atoms with Gasteiger partial charge in [-0.2, -0.15) is 0 Å². The smallest absolute Gasteiger partial charge is 0.323 e. The molecule has 0 aromatic rings. The summed E-state index contributed by atoms with van der Waals surface area (Å²) in [6.07, 6.45) is 10.0. The summed E-state index contributed by atoms with van der Waals surface area (Å²) in [7, 11) is 0. The van der Waals surface area contributed by atoms with Crippen LogP contribution in [0.3, 0.4) is 0 Å². The average molecular weight is 282 g/mol. The highest BCUT2D eigenvalue weighted by atomic mass is 16.5. The van der Waals surface area contributed by atoms with Crippen LogP contribution in [0, 0.1) is 0 Å². The fraction of sp³-hybridized carbons (Fsp3) is 0.938. The van der Waals surface area contributed by atoms with E-state index in [4.69, 9.17) is 4.74 Å². The summed E-state index contributed by atoms with van der Waals surface area (Å²) in [5.41, 5.74) is 0. The molecule has 2 fully saturated rings. The summed E-state index contributed by atoms with van der Waals surface area (Å²) >= 11 is 0. The van der Waals surface area contributed by atoms with Gasteiger partial charge in [0.25, 0.3) is 0 Å². The van der Waals surface area contributed by atoms with Crippen LogP contribution in [0.15, 0.2) is 0 Å². The number of unbranched alkanes of at least 4 members (excludes halogenated alkanes) is 1. The summed E-state index contributed by atoms with van der Waals surface area (Å²) in [5, 5.41) is 6.91. The van der Waals surface area contributed by atoms with Crippen molar-refractivity contribution in [1.82, 2.24) is 10.6 Å². The van der Waals surface area contributed by atoms with E-state index < -0.39 is 0 Å². The number of piperidine rings is 1. The molecule has 4 heteroatoms. The van der Waals surface area contributed by atoms with Crippen LogP contribution in [0.5, 0.6) is 0 Å². The quantitative estimate of drug-likeness (QED) is 0.704. The molecule has 0 aromatic heterocycles. The predicted octanol–water partition coefficient (Wildman–Crippen LogP) is 2.37. The van der Waals surface area contributed by atoms with Gasteiger partial charge in [-0.1, -0.05) is 19.8 Å². The fourth-order valence-electron chi connectivity index (χ4n) is 3.20. The first-order chi connectivity index (χ1) is 9.79. The van der Waals surface area contributed by atoms with Crippen molar-refractivity contribution in [3.05, 3.63) is 0 Å². The summed E-state index contributed by atoms with van der Waals surface area (Å²) in [6, 6.07) is 0.368. The van der Waals surface area contributed by atoms with Gasteiger partial charge in [0.15, 0.2) is 0 Å². The molecule has 1 aliphatic heterocycles. The third kappa shape index (κ3) is 5.06. The van der Waals surface area contributed by atoms with Gasteiger partial charge in [-0.15, -0.1) is 0 Å². The molecule has 0 bridgehead atoms. The molecule has 0 spiro atoms. The molecule has 1 saturated carbocycles. The zero-order valence-electron chi connectivity index (χ0n) is 12.8. The number of hydrogen-bond donors (Lipinski definition) is 2. The van der Waals surface area contributed by atoms with Crippen molar-refractivity contribution in [2.45, 2.75) is 82.9 Å². The van der Waals surface area contributed by atoms with E-state index in [1.807, 2.05) is 0 Å². The number of nitrogens with one attached hydrogen (secondary N) is 2. The van der Waals surface area contributed by atoms with E-state index in [0.717, 1.165) is 58.0 Å². The van der Waals surface area contributed by atoms with Gasteiger partial charge in [0.05, 0.1) is 0 Å². The topological polar surface area (TPSA) is 50.4 Å². The maximum absolute atomic E-state index is 12.4. The molecule has 116 valence electrons. The highest BCUT2D eigenvalue weighted by molar-refractivity contribution is 5.76. The van der Waals surface area contributed by atoms with Crippen molar-refractivity contribution < 1.29 is 9.53 Å². The van der Waals surface area contributed by atoms with Crippen molar-refractivity contribution in [2.75, 3.05) is 13.1 Å². The molecule has 2 N–H and O–H groups in total. The lowest BCUT2D eigenvalue weighted by Gasteiger charge is -2.28. The molecule has 1 atom stereocenters. The lowest BCUT2D eigenvalue weighted by atomic mass is 10.0. The highest BCUT2D eigenvalue weighted by Gasteiger charge is 2.27. The Morgan fingerprint density at radius 2 is 1.95 bits per heavy atom. The maximum atomic E-state index is 12.4. The van der Waals surface area contributed by atoms with Gasteiger partial charge in [0, 0.05) is 6.04 Å². The molecular weight excluding hydrogens is 252 g/mol. The van der Waals surface area contributed by atoms with Crippen LogP contribution in [-0.4, -0.2) is 37.2 Å². The minimum Gasteiger partial charge on any atom is -0.461 e. The van der Waals surface area contributed by atoms with Crippen molar-refractivity contribution in [3.8, 4) is 0 Å². The van der Waals surface area contributed by atoms with Crippen molar-refractivity contribution in [3.63, 3.8) is 0 Å². The average Bonchev–Trinajstić information content (AvgIpc) is 2.97. The van der Waals surface area contributed by atoms with Crippen molar-refractivity contribution in [1.29, 1.82) is 0 Å². The Hall–Kier alpha value is -0.610. The summed E-state index contributed by atoms with van der Waals surface area (Å²) in [4.78, 5) is 12.4. The second-order valence-electron chi connectivity index (χ2n) is 6.23. The van der Waals surface area contributed by atoms with E-state index in [-0.39, 0.29) is 18.1 Å². The Morgan fingerprint density at radius 3 is 2.60 bits per heavy atom. The first kappa shape index (κ1) is 15.8. The van der Waals surface area contributed by atoms with Crippen molar-refractivity contribution in [2.24, 2.45) is 0 Å². The zero-order valence-corrected chi connectivity index (χ0v) is 12.8. The third-order valence-corrected chi connectivity index (χ3v) is 4.49. The van der Waals surface area contributed by atoms with Crippen LogP contribution >= 0.6 is 0 Å². The van der Waals surface area contributed by atoms with E-state index in [1.54, 1.807) is 0 Å². The van der Waals surface area contributed by atoms with Crippen LogP contribution in [-0.2, 0) is 9.53 Å². The monoisotopic (exact) mass is 282 g/mol. The number of rotatable bonds is 7. The minimum atomic E-state index is -0.0985. The molecular formula is C16H30N2O2. The Kier molecular flexibility index (Phi) is 6.80. The molecule has 0 amide bonds. The molecule has 4 nitrogen and oxygen atoms in total. The molecule has 20 heavy (non-hydrogen) atoms. The fourth-order valence-corrected chi connectivity index (χ4v) is 3.20. The second-order valence-corrected chi connectivity index (χ2v) is 6.23. The Balaban J connectivity index is 1.81. The van der Waals surface area contributed by atoms with Crippen LogP contribution in [0.25, 0.3) is 0 Å². The van der Waals surface area contributed by atoms with Crippen molar-refractivity contribution >= 4 is 5.97 Å². The van der Waals surface area contributed by atoms with Gasteiger partial charge in [-0.3, -0.25) is 4.79 Å². The van der Waals surface area contributed by atoms with E-state index in [0.29, 0.717) is 6.04 Å². The Bertz CT molecular complexity index is 284. The SMILES string of the molecule is CCCCC(NC1CCNCC1)C(=O)OC1CCCC1. The largest absolute Gasteiger partial charge is 0.461 e. The zero-order chi connectivity index (χ0) is 14.2. The molecule has 2 rings (SSSR count). The van der Waals surface area contributed by atoms with E-state index >= 15 is 0 Å². The van der Waals surface area contributed by atoms with Gasteiger partial charge in [0.2, 0.25) is 0 Å². The lowest BCUT2D eigenvalue weighted by Crippen LogP contribution is -2.48. The summed E-state index contributed by atoms with van der Waals surface area (Å²) in [5.74, 6) is -0.0103. The molecule has 0 aromatic carbocycles. The van der Waals surface area contributed by atoms with E-state index in [9.17, 15) is 4.79 Å². The van der Waals surface area contributed by atoms with Crippen LogP contribution in [0.1, 0.15) is 64.7 Å². The van der Waals surface area contributed by atoms with Gasteiger partial charge < -0.3 is 15.4 Å². The van der Waals surface area contributed by atoms with Crippen LogP contribution in [0.2, 0.25) is 0 Å². The highest BCUT2D eigenvalue weighted by Crippen LogP contribution is 2.22. The molecule has 2 aliphatic rings. The normalized spacial score (nSPS) is 22.9. The predicted molar refractivity (Wildman–Crippen MR) is 80.7 cm³/mol. The second kappa shape index (κ2) is 8.63. The summed E-state index contributed by atoms with van der Waals surface area (Å²) in [6.45, 7) is 4.27. The van der Waals surface area contributed by atoms with Gasteiger partial charge in [-0.05, 0) is 58.0 Å². The molecule has 1 heterocycles. The molecule has 0 radical (unpaired) electrons. The number of hydrogen-bond acceptors (Lipinski definition) is 4. The van der Waals surface area contributed by atoms with Crippen LogP contribution < -0.4 is 10.6 Å². The Morgan fingerprint density at radius 1 is 1.25 bits per heavy atom.